The maximum absolute atomic E-state index is 6.67. The van der Waals surface area contributed by atoms with Crippen LogP contribution in [0.4, 0.5) is 0 Å². The third-order valence-electron chi connectivity index (χ3n) is 10.5. The number of para-hydroxylation sites is 1. The highest BCUT2D eigenvalue weighted by Crippen LogP contribution is 2.43. The van der Waals surface area contributed by atoms with Gasteiger partial charge in [-0.15, -0.1) is 0 Å². The molecule has 0 amide bonds. The summed E-state index contributed by atoms with van der Waals surface area (Å²) < 4.78 is 13.2. The van der Waals surface area contributed by atoms with Crippen molar-refractivity contribution < 1.29 is 8.83 Å². The SMILES string of the molecule is c1ccc(C2=NC(c3ccc4ccccc4c3)NC(c3c(-c4ccc5c(c4)oc4c6ccccc6ccc54)ccc4oc5ccccc5c34)N2)cc1. The van der Waals surface area contributed by atoms with Crippen molar-refractivity contribution in [3.8, 4) is 11.1 Å². The van der Waals surface area contributed by atoms with E-state index in [-0.39, 0.29) is 12.3 Å². The Morgan fingerprint density at radius 2 is 1.23 bits per heavy atom. The number of nitrogens with one attached hydrogen (secondary N) is 2. The lowest BCUT2D eigenvalue weighted by molar-refractivity contribution is 0.412. The highest BCUT2D eigenvalue weighted by Gasteiger charge is 2.30. The number of furan rings is 2. The molecule has 52 heavy (non-hydrogen) atoms. The number of benzene rings is 8. The van der Waals surface area contributed by atoms with E-state index in [0.29, 0.717) is 0 Å². The van der Waals surface area contributed by atoms with Crippen molar-refractivity contribution in [1.82, 2.24) is 10.6 Å². The summed E-state index contributed by atoms with van der Waals surface area (Å²) >= 11 is 0. The molecule has 0 saturated carbocycles. The molecule has 0 radical (unpaired) electrons. The summed E-state index contributed by atoms with van der Waals surface area (Å²) in [5.74, 6) is 0.831. The molecule has 2 aromatic heterocycles. The molecule has 2 atom stereocenters. The zero-order valence-corrected chi connectivity index (χ0v) is 28.0. The number of hydrogen-bond donors (Lipinski definition) is 2. The fourth-order valence-corrected chi connectivity index (χ4v) is 8.06. The van der Waals surface area contributed by atoms with Crippen LogP contribution in [0.25, 0.3) is 76.5 Å². The first kappa shape index (κ1) is 29.1. The maximum atomic E-state index is 6.67. The number of fused-ring (bicyclic) bond motifs is 9. The van der Waals surface area contributed by atoms with Crippen molar-refractivity contribution in [2.75, 3.05) is 0 Å². The van der Waals surface area contributed by atoms with Gasteiger partial charge in [0.15, 0.2) is 0 Å². The number of rotatable bonds is 4. The summed E-state index contributed by atoms with van der Waals surface area (Å²) in [7, 11) is 0. The maximum Gasteiger partial charge on any atom is 0.143 e. The van der Waals surface area contributed by atoms with Gasteiger partial charge in [-0.05, 0) is 69.2 Å². The molecule has 3 heterocycles. The molecule has 0 spiro atoms. The molecule has 11 rings (SSSR count). The van der Waals surface area contributed by atoms with Crippen molar-refractivity contribution >= 4 is 71.3 Å². The van der Waals surface area contributed by atoms with E-state index in [9.17, 15) is 0 Å². The van der Waals surface area contributed by atoms with Crippen molar-refractivity contribution in [2.45, 2.75) is 12.3 Å². The highest BCUT2D eigenvalue weighted by molar-refractivity contribution is 6.16. The predicted molar refractivity (Wildman–Crippen MR) is 213 cm³/mol. The summed E-state index contributed by atoms with van der Waals surface area (Å²) in [6, 6.07) is 57.4. The standard InChI is InChI=1S/C47H31N3O2/c1-2-12-30(13-3-1)45-48-46(33-19-18-28-10-4-5-14-31(28)26-33)50-47(49-45)43-34(24-25-40-42(43)38-16-8-9-17-39(38)51-40)32-21-22-36-37-23-20-29-11-6-7-15-35(29)44(37)52-41(36)27-32/h1-27,46-47,50H,(H,48,49). The van der Waals surface area contributed by atoms with E-state index in [1.807, 2.05) is 18.2 Å². The molecule has 0 saturated heterocycles. The lowest BCUT2D eigenvalue weighted by Gasteiger charge is -2.33. The van der Waals surface area contributed by atoms with E-state index in [1.54, 1.807) is 0 Å². The minimum Gasteiger partial charge on any atom is -0.456 e. The van der Waals surface area contributed by atoms with Crippen molar-refractivity contribution in [3.05, 3.63) is 180 Å². The van der Waals surface area contributed by atoms with Gasteiger partial charge in [-0.2, -0.15) is 0 Å². The van der Waals surface area contributed by atoms with E-state index < -0.39 is 0 Å². The summed E-state index contributed by atoms with van der Waals surface area (Å²) in [5, 5.41) is 16.8. The Morgan fingerprint density at radius 3 is 2.13 bits per heavy atom. The third-order valence-corrected chi connectivity index (χ3v) is 10.5. The van der Waals surface area contributed by atoms with Crippen LogP contribution in [0, 0.1) is 0 Å². The van der Waals surface area contributed by atoms with E-state index >= 15 is 0 Å². The van der Waals surface area contributed by atoms with Gasteiger partial charge in [0, 0.05) is 38.1 Å². The molecule has 1 aliphatic heterocycles. The van der Waals surface area contributed by atoms with Crippen LogP contribution in [-0.2, 0) is 0 Å². The van der Waals surface area contributed by atoms with Crippen LogP contribution in [0.2, 0.25) is 0 Å². The lowest BCUT2D eigenvalue weighted by atomic mass is 9.92. The number of nitrogens with zero attached hydrogens (tertiary/aromatic N) is 1. The minimum absolute atomic E-state index is 0.307. The van der Waals surface area contributed by atoms with Crippen LogP contribution in [0.3, 0.4) is 0 Å². The molecule has 2 N–H and O–H groups in total. The Hall–Kier alpha value is -6.69. The average Bonchev–Trinajstić information content (AvgIpc) is 3.79. The number of aliphatic imine (C=N–C) groups is 1. The molecule has 0 aliphatic carbocycles. The molecule has 8 aromatic carbocycles. The number of amidine groups is 1. The largest absolute Gasteiger partial charge is 0.456 e. The Bertz CT molecular complexity index is 3050. The fraction of sp³-hybridized carbons (Fsp3) is 0.0426. The fourth-order valence-electron chi connectivity index (χ4n) is 8.06. The second kappa shape index (κ2) is 11.4. The van der Waals surface area contributed by atoms with Gasteiger partial charge in [0.1, 0.15) is 40.5 Å². The molecular formula is C47H31N3O2. The van der Waals surface area contributed by atoms with Gasteiger partial charge in [-0.1, -0.05) is 127 Å². The van der Waals surface area contributed by atoms with Gasteiger partial charge in [-0.3, -0.25) is 5.32 Å². The topological polar surface area (TPSA) is 62.7 Å². The zero-order chi connectivity index (χ0) is 34.2. The van der Waals surface area contributed by atoms with Crippen LogP contribution in [0.5, 0.6) is 0 Å². The smallest absolute Gasteiger partial charge is 0.143 e. The molecule has 246 valence electrons. The first-order chi connectivity index (χ1) is 25.7. The van der Waals surface area contributed by atoms with Crippen LogP contribution in [-0.4, -0.2) is 5.84 Å². The quantitative estimate of drug-likeness (QED) is 0.196. The molecule has 1 aliphatic rings. The summed E-state index contributed by atoms with van der Waals surface area (Å²) in [4.78, 5) is 5.28. The van der Waals surface area contributed by atoms with Gasteiger partial charge in [-0.25, -0.2) is 4.99 Å². The molecule has 5 heteroatoms. The van der Waals surface area contributed by atoms with Crippen molar-refractivity contribution in [1.29, 1.82) is 0 Å². The first-order valence-corrected chi connectivity index (χ1v) is 17.7. The van der Waals surface area contributed by atoms with Gasteiger partial charge in [0.25, 0.3) is 0 Å². The number of hydrogen-bond acceptors (Lipinski definition) is 5. The van der Waals surface area contributed by atoms with Crippen LogP contribution in [0.1, 0.15) is 29.0 Å². The second-order valence-corrected chi connectivity index (χ2v) is 13.6. The Labute approximate surface area is 298 Å². The van der Waals surface area contributed by atoms with E-state index in [0.717, 1.165) is 82.9 Å². The molecule has 2 unspecified atom stereocenters. The van der Waals surface area contributed by atoms with Gasteiger partial charge in [0.05, 0.1) is 0 Å². The van der Waals surface area contributed by atoms with E-state index in [4.69, 9.17) is 13.8 Å². The predicted octanol–water partition coefficient (Wildman–Crippen LogP) is 11.8. The Morgan fingerprint density at radius 1 is 0.481 bits per heavy atom. The molecule has 0 fully saturated rings. The monoisotopic (exact) mass is 669 g/mol. The van der Waals surface area contributed by atoms with Gasteiger partial charge < -0.3 is 14.2 Å². The Balaban J connectivity index is 1.13. The highest BCUT2D eigenvalue weighted by atomic mass is 16.3. The van der Waals surface area contributed by atoms with Gasteiger partial charge >= 0.3 is 0 Å². The van der Waals surface area contributed by atoms with E-state index in [2.05, 4.69) is 156 Å². The second-order valence-electron chi connectivity index (χ2n) is 13.6. The van der Waals surface area contributed by atoms with Crippen molar-refractivity contribution in [3.63, 3.8) is 0 Å². The van der Waals surface area contributed by atoms with Crippen LogP contribution < -0.4 is 10.6 Å². The minimum atomic E-state index is -0.320. The summed E-state index contributed by atoms with van der Waals surface area (Å²) in [6.07, 6.45) is -0.627. The lowest BCUT2D eigenvalue weighted by Crippen LogP contribution is -2.45. The summed E-state index contributed by atoms with van der Waals surface area (Å²) in [5.41, 5.74) is 8.84. The Kier molecular flexibility index (Phi) is 6.39. The molecule has 5 nitrogen and oxygen atoms in total. The molecule has 10 aromatic rings. The zero-order valence-electron chi connectivity index (χ0n) is 28.0. The van der Waals surface area contributed by atoms with Gasteiger partial charge in [0.2, 0.25) is 0 Å². The van der Waals surface area contributed by atoms with Crippen LogP contribution in [0.15, 0.2) is 178 Å². The van der Waals surface area contributed by atoms with Crippen LogP contribution >= 0.6 is 0 Å². The average molecular weight is 670 g/mol. The normalized spacial score (nSPS) is 16.3. The van der Waals surface area contributed by atoms with E-state index in [1.165, 1.54) is 16.2 Å². The third kappa shape index (κ3) is 4.57. The molecular weight excluding hydrogens is 639 g/mol. The first-order valence-electron chi connectivity index (χ1n) is 17.7. The summed E-state index contributed by atoms with van der Waals surface area (Å²) in [6.45, 7) is 0. The molecule has 0 bridgehead atoms. The van der Waals surface area contributed by atoms with Crippen molar-refractivity contribution in [2.24, 2.45) is 4.99 Å².